The van der Waals surface area contributed by atoms with Gasteiger partial charge in [-0.05, 0) is 24.6 Å². The number of carbonyl (C=O) groups excluding carboxylic acids is 1. The summed E-state index contributed by atoms with van der Waals surface area (Å²) in [6.07, 6.45) is 4.84. The Balaban J connectivity index is 1.70. The lowest BCUT2D eigenvalue weighted by molar-refractivity contribution is -0.116. The molecule has 0 fully saturated rings. The third kappa shape index (κ3) is 4.05. The second-order valence-corrected chi connectivity index (χ2v) is 6.02. The summed E-state index contributed by atoms with van der Waals surface area (Å²) >= 11 is 0. The van der Waals surface area contributed by atoms with Gasteiger partial charge in [-0.1, -0.05) is 19.1 Å². The van der Waals surface area contributed by atoms with E-state index in [1.807, 2.05) is 42.8 Å². The molecule has 0 aliphatic rings. The van der Waals surface area contributed by atoms with Gasteiger partial charge in [0.25, 0.3) is 5.56 Å². The van der Waals surface area contributed by atoms with Crippen LogP contribution in [0.2, 0.25) is 0 Å². The zero-order chi connectivity index (χ0) is 18.5. The zero-order valence-corrected chi connectivity index (χ0v) is 14.8. The van der Waals surface area contributed by atoms with E-state index in [4.69, 9.17) is 0 Å². The molecule has 0 aliphatic heterocycles. The first-order chi connectivity index (χ1) is 12.6. The highest BCUT2D eigenvalue weighted by Gasteiger charge is 2.09. The molecule has 0 spiro atoms. The number of aromatic nitrogens is 4. The Bertz CT molecular complexity index is 954. The second kappa shape index (κ2) is 7.77. The summed E-state index contributed by atoms with van der Waals surface area (Å²) in [6.45, 7) is 4.57. The fraction of sp³-hybridized carbons (Fsp3) is 0.263. The number of hydrogen-bond donors (Lipinski definition) is 2. The van der Waals surface area contributed by atoms with Gasteiger partial charge in [0.2, 0.25) is 5.91 Å². The maximum absolute atomic E-state index is 12.3. The average molecular weight is 351 g/mol. The van der Waals surface area contributed by atoms with Crippen LogP contribution in [-0.2, 0) is 17.8 Å². The fourth-order valence-corrected chi connectivity index (χ4v) is 2.71. The molecule has 2 heterocycles. The average Bonchev–Trinajstić information content (AvgIpc) is 3.10. The number of carbonyl (C=O) groups is 1. The molecule has 0 unspecified atom stereocenters. The summed E-state index contributed by atoms with van der Waals surface area (Å²) in [4.78, 5) is 27.8. The van der Waals surface area contributed by atoms with Gasteiger partial charge >= 0.3 is 0 Å². The SMILES string of the molecule is CCc1nccn1CCC(=O)Nc1cc(-c2ccc(=O)[nH]n2)ccc1C. The highest BCUT2D eigenvalue weighted by Crippen LogP contribution is 2.23. The standard InChI is InChI=1S/C19H21N5O2/c1-3-17-20-9-11-24(17)10-8-18(25)21-16-12-14(5-4-13(16)2)15-6-7-19(26)23-22-15/h4-7,9,11-12H,3,8,10H2,1-2H3,(H,21,25)(H,23,26). The molecule has 0 bridgehead atoms. The first-order valence-corrected chi connectivity index (χ1v) is 8.53. The van der Waals surface area contributed by atoms with E-state index in [-0.39, 0.29) is 11.5 Å². The molecule has 2 N–H and O–H groups in total. The van der Waals surface area contributed by atoms with Crippen molar-refractivity contribution >= 4 is 11.6 Å². The summed E-state index contributed by atoms with van der Waals surface area (Å²) < 4.78 is 1.99. The van der Waals surface area contributed by atoms with Crippen LogP contribution in [0.4, 0.5) is 5.69 Å². The number of aryl methyl sites for hydroxylation is 3. The largest absolute Gasteiger partial charge is 0.334 e. The van der Waals surface area contributed by atoms with E-state index in [1.165, 1.54) is 6.07 Å². The second-order valence-electron chi connectivity index (χ2n) is 6.02. The number of anilines is 1. The van der Waals surface area contributed by atoms with E-state index >= 15 is 0 Å². The molecule has 3 aromatic rings. The number of amides is 1. The van der Waals surface area contributed by atoms with Crippen LogP contribution in [0.3, 0.4) is 0 Å². The first kappa shape index (κ1) is 17.6. The summed E-state index contributed by atoms with van der Waals surface area (Å²) in [5.74, 6) is 0.913. The third-order valence-corrected chi connectivity index (χ3v) is 4.18. The number of rotatable bonds is 6. The summed E-state index contributed by atoms with van der Waals surface area (Å²) in [7, 11) is 0. The summed E-state index contributed by atoms with van der Waals surface area (Å²) in [5, 5.41) is 9.40. The van der Waals surface area contributed by atoms with Crippen molar-refractivity contribution in [3.05, 3.63) is 64.5 Å². The zero-order valence-electron chi connectivity index (χ0n) is 14.8. The van der Waals surface area contributed by atoms with Crippen molar-refractivity contribution < 1.29 is 4.79 Å². The van der Waals surface area contributed by atoms with E-state index in [9.17, 15) is 9.59 Å². The van der Waals surface area contributed by atoms with E-state index in [2.05, 4.69) is 20.5 Å². The van der Waals surface area contributed by atoms with Crippen molar-refractivity contribution in [3.63, 3.8) is 0 Å². The van der Waals surface area contributed by atoms with E-state index in [0.29, 0.717) is 18.7 Å². The van der Waals surface area contributed by atoms with Crippen molar-refractivity contribution in [3.8, 4) is 11.3 Å². The molecule has 2 aromatic heterocycles. The molecular weight excluding hydrogens is 330 g/mol. The quantitative estimate of drug-likeness (QED) is 0.714. The normalized spacial score (nSPS) is 10.7. The predicted octanol–water partition coefficient (Wildman–Crippen LogP) is 2.53. The lowest BCUT2D eigenvalue weighted by atomic mass is 10.1. The molecule has 0 aliphatic carbocycles. The number of aromatic amines is 1. The molecule has 0 saturated carbocycles. The molecule has 26 heavy (non-hydrogen) atoms. The van der Waals surface area contributed by atoms with E-state index < -0.39 is 0 Å². The van der Waals surface area contributed by atoms with Crippen LogP contribution in [0, 0.1) is 6.92 Å². The van der Waals surface area contributed by atoms with Gasteiger partial charge in [0, 0.05) is 49.1 Å². The van der Waals surface area contributed by atoms with Gasteiger partial charge in [-0.15, -0.1) is 0 Å². The van der Waals surface area contributed by atoms with Crippen molar-refractivity contribution in [2.75, 3.05) is 5.32 Å². The van der Waals surface area contributed by atoms with Crippen LogP contribution < -0.4 is 10.9 Å². The van der Waals surface area contributed by atoms with Crippen LogP contribution >= 0.6 is 0 Å². The van der Waals surface area contributed by atoms with Crippen LogP contribution in [0.25, 0.3) is 11.3 Å². The van der Waals surface area contributed by atoms with Crippen molar-refractivity contribution in [1.82, 2.24) is 19.7 Å². The maximum Gasteiger partial charge on any atom is 0.264 e. The highest BCUT2D eigenvalue weighted by atomic mass is 16.1. The Hall–Kier alpha value is -3.22. The van der Waals surface area contributed by atoms with E-state index in [1.54, 1.807) is 12.3 Å². The van der Waals surface area contributed by atoms with Crippen molar-refractivity contribution in [2.24, 2.45) is 0 Å². The van der Waals surface area contributed by atoms with Gasteiger partial charge in [-0.2, -0.15) is 5.10 Å². The minimum absolute atomic E-state index is 0.0598. The molecule has 0 saturated heterocycles. The Labute approximate surface area is 151 Å². The van der Waals surface area contributed by atoms with Crippen molar-refractivity contribution in [2.45, 2.75) is 33.2 Å². The third-order valence-electron chi connectivity index (χ3n) is 4.18. The van der Waals surface area contributed by atoms with Crippen molar-refractivity contribution in [1.29, 1.82) is 0 Å². The maximum atomic E-state index is 12.3. The molecule has 3 rings (SSSR count). The number of nitrogens with zero attached hydrogens (tertiary/aromatic N) is 3. The summed E-state index contributed by atoms with van der Waals surface area (Å²) in [5.41, 5.74) is 2.92. The number of benzene rings is 1. The Morgan fingerprint density at radius 3 is 2.85 bits per heavy atom. The number of hydrogen-bond acceptors (Lipinski definition) is 4. The predicted molar refractivity (Wildman–Crippen MR) is 99.9 cm³/mol. The van der Waals surface area contributed by atoms with Gasteiger partial charge in [-0.25, -0.2) is 10.1 Å². The van der Waals surface area contributed by atoms with Gasteiger partial charge < -0.3 is 9.88 Å². The van der Waals surface area contributed by atoms with Gasteiger partial charge in [0.15, 0.2) is 0 Å². The number of nitrogens with one attached hydrogen (secondary N) is 2. The monoisotopic (exact) mass is 351 g/mol. The minimum Gasteiger partial charge on any atom is -0.334 e. The smallest absolute Gasteiger partial charge is 0.264 e. The Morgan fingerprint density at radius 1 is 1.27 bits per heavy atom. The molecule has 0 radical (unpaired) electrons. The summed E-state index contributed by atoms with van der Waals surface area (Å²) in [6, 6.07) is 8.77. The highest BCUT2D eigenvalue weighted by molar-refractivity contribution is 5.92. The Kier molecular flexibility index (Phi) is 5.26. The fourth-order valence-electron chi connectivity index (χ4n) is 2.71. The lowest BCUT2D eigenvalue weighted by Gasteiger charge is -2.11. The molecule has 134 valence electrons. The molecule has 7 nitrogen and oxygen atoms in total. The molecule has 0 atom stereocenters. The van der Waals surface area contributed by atoms with Crippen LogP contribution in [0.5, 0.6) is 0 Å². The molecule has 1 amide bonds. The molecular formula is C19H21N5O2. The van der Waals surface area contributed by atoms with Crippen LogP contribution in [-0.4, -0.2) is 25.7 Å². The topological polar surface area (TPSA) is 92.7 Å². The minimum atomic E-state index is -0.250. The number of imidazole rings is 1. The van der Waals surface area contributed by atoms with Crippen LogP contribution in [0.1, 0.15) is 24.7 Å². The first-order valence-electron chi connectivity index (χ1n) is 8.53. The van der Waals surface area contributed by atoms with E-state index in [0.717, 1.165) is 29.1 Å². The van der Waals surface area contributed by atoms with Crippen LogP contribution in [0.15, 0.2) is 47.5 Å². The molecule has 1 aromatic carbocycles. The molecule has 7 heteroatoms. The van der Waals surface area contributed by atoms with Gasteiger partial charge in [0.05, 0.1) is 5.69 Å². The lowest BCUT2D eigenvalue weighted by Crippen LogP contribution is -2.16. The van der Waals surface area contributed by atoms with Gasteiger partial charge in [-0.3, -0.25) is 9.59 Å². The Morgan fingerprint density at radius 2 is 2.12 bits per heavy atom. The van der Waals surface area contributed by atoms with Gasteiger partial charge in [0.1, 0.15) is 5.82 Å². The number of H-pyrrole nitrogens is 1.